The van der Waals surface area contributed by atoms with Crippen molar-refractivity contribution in [1.29, 1.82) is 0 Å². The molecule has 84 valence electrons. The van der Waals surface area contributed by atoms with Gasteiger partial charge in [0.15, 0.2) is 0 Å². The topological polar surface area (TPSA) is 70.8 Å². The Balaban J connectivity index is 1.99. The van der Waals surface area contributed by atoms with Crippen molar-refractivity contribution in [2.75, 3.05) is 18.0 Å². The van der Waals surface area contributed by atoms with Crippen molar-refractivity contribution in [3.63, 3.8) is 0 Å². The van der Waals surface area contributed by atoms with Gasteiger partial charge in [-0.1, -0.05) is 0 Å². The third-order valence-electron chi connectivity index (χ3n) is 2.67. The summed E-state index contributed by atoms with van der Waals surface area (Å²) in [5, 5.41) is 7.18. The molecule has 0 amide bonds. The molecular weight excluding hydrogens is 190 g/mol. The maximum atomic E-state index is 5.71. The highest BCUT2D eigenvalue weighted by atomic mass is 15.4. The molecule has 1 aromatic heterocycles. The summed E-state index contributed by atoms with van der Waals surface area (Å²) in [6.45, 7) is 4.13. The summed E-state index contributed by atoms with van der Waals surface area (Å²) in [4.78, 5) is 6.69. The number of aromatic amines is 1. The summed E-state index contributed by atoms with van der Waals surface area (Å²) in [6.07, 6.45) is 4.59. The highest BCUT2D eigenvalue weighted by Crippen LogP contribution is 2.15. The van der Waals surface area contributed by atoms with Gasteiger partial charge in [0.25, 0.3) is 0 Å². The van der Waals surface area contributed by atoms with Crippen LogP contribution in [0.5, 0.6) is 0 Å². The third kappa shape index (κ3) is 2.68. The Kier molecular flexibility index (Phi) is 3.20. The first-order valence-electron chi connectivity index (χ1n) is 5.67. The maximum Gasteiger partial charge on any atom is 0.244 e. The van der Waals surface area contributed by atoms with Crippen LogP contribution in [0.2, 0.25) is 0 Å². The average Bonchev–Trinajstić information content (AvgIpc) is 2.67. The highest BCUT2D eigenvalue weighted by Gasteiger charge is 2.15. The van der Waals surface area contributed by atoms with Crippen molar-refractivity contribution in [3.8, 4) is 0 Å². The van der Waals surface area contributed by atoms with Crippen molar-refractivity contribution in [2.24, 2.45) is 5.73 Å². The van der Waals surface area contributed by atoms with E-state index in [0.29, 0.717) is 0 Å². The lowest BCUT2D eigenvalue weighted by Crippen LogP contribution is -2.30. The quantitative estimate of drug-likeness (QED) is 0.768. The monoisotopic (exact) mass is 209 g/mol. The van der Waals surface area contributed by atoms with Crippen LogP contribution in [0.25, 0.3) is 0 Å². The highest BCUT2D eigenvalue weighted by molar-refractivity contribution is 5.29. The second-order valence-electron chi connectivity index (χ2n) is 4.31. The van der Waals surface area contributed by atoms with Crippen molar-refractivity contribution in [2.45, 2.75) is 38.6 Å². The number of anilines is 1. The molecule has 1 saturated heterocycles. The van der Waals surface area contributed by atoms with E-state index in [2.05, 4.69) is 20.1 Å². The molecule has 0 aromatic carbocycles. The zero-order valence-corrected chi connectivity index (χ0v) is 9.24. The molecule has 1 atom stereocenters. The van der Waals surface area contributed by atoms with Crippen LogP contribution in [0.15, 0.2) is 0 Å². The van der Waals surface area contributed by atoms with Crippen LogP contribution in [-0.2, 0) is 6.42 Å². The van der Waals surface area contributed by atoms with E-state index in [1.54, 1.807) is 0 Å². The second-order valence-corrected chi connectivity index (χ2v) is 4.31. The molecule has 5 nitrogen and oxygen atoms in total. The van der Waals surface area contributed by atoms with Crippen molar-refractivity contribution >= 4 is 5.95 Å². The number of nitrogens with zero attached hydrogens (tertiary/aromatic N) is 3. The summed E-state index contributed by atoms with van der Waals surface area (Å²) in [6, 6.07) is 0.132. The molecular formula is C10H19N5. The van der Waals surface area contributed by atoms with Crippen molar-refractivity contribution in [3.05, 3.63) is 5.82 Å². The molecule has 1 fully saturated rings. The largest absolute Gasteiger partial charge is 0.340 e. The van der Waals surface area contributed by atoms with Crippen LogP contribution in [0.1, 0.15) is 32.0 Å². The lowest BCUT2D eigenvalue weighted by Gasteiger charge is -2.24. The van der Waals surface area contributed by atoms with Crippen LogP contribution in [0.4, 0.5) is 5.95 Å². The van der Waals surface area contributed by atoms with Gasteiger partial charge in [0.1, 0.15) is 5.82 Å². The predicted molar refractivity (Wildman–Crippen MR) is 59.8 cm³/mol. The molecule has 0 bridgehead atoms. The van der Waals surface area contributed by atoms with Crippen LogP contribution in [0.3, 0.4) is 0 Å². The first-order valence-corrected chi connectivity index (χ1v) is 5.67. The first kappa shape index (κ1) is 10.4. The van der Waals surface area contributed by atoms with Crippen molar-refractivity contribution < 1.29 is 0 Å². The first-order chi connectivity index (χ1) is 7.25. The number of hydrogen-bond donors (Lipinski definition) is 2. The molecule has 2 rings (SSSR count). The van der Waals surface area contributed by atoms with Gasteiger partial charge in [-0.15, -0.1) is 5.10 Å². The lowest BCUT2D eigenvalue weighted by molar-refractivity contribution is 0.568. The standard InChI is InChI=1S/C10H19N5/c1-8(11)7-9-12-10(14-13-9)15-5-3-2-4-6-15/h8H,2-7,11H2,1H3,(H,12,13,14). The molecule has 0 spiro atoms. The average molecular weight is 209 g/mol. The maximum absolute atomic E-state index is 5.71. The van der Waals surface area contributed by atoms with E-state index in [4.69, 9.17) is 5.73 Å². The summed E-state index contributed by atoms with van der Waals surface area (Å²) in [7, 11) is 0. The van der Waals surface area contributed by atoms with E-state index >= 15 is 0 Å². The molecule has 0 aliphatic carbocycles. The molecule has 1 aromatic rings. The smallest absolute Gasteiger partial charge is 0.244 e. The van der Waals surface area contributed by atoms with Gasteiger partial charge >= 0.3 is 0 Å². The second kappa shape index (κ2) is 4.61. The number of piperidine rings is 1. The Bertz CT molecular complexity index is 301. The molecule has 0 saturated carbocycles. The summed E-state index contributed by atoms with van der Waals surface area (Å²) in [5.41, 5.74) is 5.71. The fourth-order valence-corrected chi connectivity index (χ4v) is 1.92. The Morgan fingerprint density at radius 3 is 2.80 bits per heavy atom. The van der Waals surface area contributed by atoms with Gasteiger partial charge in [-0.25, -0.2) is 0 Å². The summed E-state index contributed by atoms with van der Waals surface area (Å²) in [5.74, 6) is 1.73. The van der Waals surface area contributed by atoms with Gasteiger partial charge in [-0.3, -0.25) is 5.10 Å². The van der Waals surface area contributed by atoms with Gasteiger partial charge in [0.05, 0.1) is 0 Å². The number of H-pyrrole nitrogens is 1. The van der Waals surface area contributed by atoms with Gasteiger partial charge < -0.3 is 10.6 Å². The fraction of sp³-hybridized carbons (Fsp3) is 0.800. The molecule has 2 heterocycles. The van der Waals surface area contributed by atoms with Gasteiger partial charge in [0, 0.05) is 25.6 Å². The van der Waals surface area contributed by atoms with E-state index in [1.807, 2.05) is 6.92 Å². The zero-order valence-electron chi connectivity index (χ0n) is 9.24. The Labute approximate surface area is 90.1 Å². The molecule has 1 aliphatic rings. The third-order valence-corrected chi connectivity index (χ3v) is 2.67. The molecule has 1 unspecified atom stereocenters. The number of hydrogen-bond acceptors (Lipinski definition) is 4. The molecule has 1 aliphatic heterocycles. The molecule has 0 radical (unpaired) electrons. The number of nitrogens with two attached hydrogens (primary N) is 1. The van der Waals surface area contributed by atoms with Gasteiger partial charge in [-0.2, -0.15) is 4.98 Å². The van der Waals surface area contributed by atoms with Crippen molar-refractivity contribution in [1.82, 2.24) is 15.2 Å². The number of rotatable bonds is 3. The van der Waals surface area contributed by atoms with E-state index in [-0.39, 0.29) is 6.04 Å². The lowest BCUT2D eigenvalue weighted by atomic mass is 10.1. The van der Waals surface area contributed by atoms with Crippen LogP contribution < -0.4 is 10.6 Å². The fourth-order valence-electron chi connectivity index (χ4n) is 1.92. The van der Waals surface area contributed by atoms with E-state index in [0.717, 1.165) is 31.3 Å². The Hall–Kier alpha value is -1.10. The Morgan fingerprint density at radius 2 is 2.13 bits per heavy atom. The zero-order chi connectivity index (χ0) is 10.7. The predicted octanol–water partition coefficient (Wildman–Crippen LogP) is 0.685. The Morgan fingerprint density at radius 1 is 1.40 bits per heavy atom. The normalized spacial score (nSPS) is 19.2. The summed E-state index contributed by atoms with van der Waals surface area (Å²) >= 11 is 0. The van der Waals surface area contributed by atoms with Gasteiger partial charge in [0.2, 0.25) is 5.95 Å². The van der Waals surface area contributed by atoms with E-state index in [1.165, 1.54) is 19.3 Å². The molecule has 3 N–H and O–H groups in total. The number of aromatic nitrogens is 3. The SMILES string of the molecule is CC(N)Cc1nc(N2CCCCC2)n[nH]1. The minimum Gasteiger partial charge on any atom is -0.340 e. The van der Waals surface area contributed by atoms with Crippen LogP contribution >= 0.6 is 0 Å². The van der Waals surface area contributed by atoms with E-state index in [9.17, 15) is 0 Å². The van der Waals surface area contributed by atoms with E-state index < -0.39 is 0 Å². The summed E-state index contributed by atoms with van der Waals surface area (Å²) < 4.78 is 0. The minimum atomic E-state index is 0.132. The number of nitrogens with one attached hydrogen (secondary N) is 1. The van der Waals surface area contributed by atoms with Crippen LogP contribution in [0, 0.1) is 0 Å². The minimum absolute atomic E-state index is 0.132. The molecule has 5 heteroatoms. The molecule has 15 heavy (non-hydrogen) atoms. The van der Waals surface area contributed by atoms with Crippen LogP contribution in [-0.4, -0.2) is 34.3 Å². The van der Waals surface area contributed by atoms with Gasteiger partial charge in [-0.05, 0) is 26.2 Å².